The number of urea groups is 2. The first-order chi connectivity index (χ1) is 15.9. The van der Waals surface area contributed by atoms with E-state index in [9.17, 15) is 24.0 Å². The summed E-state index contributed by atoms with van der Waals surface area (Å²) < 4.78 is 0. The van der Waals surface area contributed by atoms with Gasteiger partial charge in [-0.1, -0.05) is 12.8 Å². The molecule has 33 heavy (non-hydrogen) atoms. The molecule has 0 bridgehead atoms. The van der Waals surface area contributed by atoms with Gasteiger partial charge in [0.25, 0.3) is 0 Å². The van der Waals surface area contributed by atoms with E-state index in [0.717, 1.165) is 65.0 Å². The number of unbranched alkanes of at least 4 members (excludes halogenated alkanes) is 3. The molecule has 1 aliphatic carbocycles. The monoisotopic (exact) mass is 459 g/mol. The molecule has 4 rings (SSSR count). The predicted molar refractivity (Wildman–Crippen MR) is 117 cm³/mol. The average Bonchev–Trinajstić information content (AvgIpc) is 3.63. The number of rotatable bonds is 10. The van der Waals surface area contributed by atoms with Crippen molar-refractivity contribution in [2.24, 2.45) is 10.7 Å². The first-order valence-corrected chi connectivity index (χ1v) is 11.1. The van der Waals surface area contributed by atoms with Crippen LogP contribution in [0.15, 0.2) is 28.2 Å². The molecule has 0 radical (unpaired) electrons. The van der Waals surface area contributed by atoms with Crippen LogP contribution in [-0.4, -0.2) is 96.8 Å². The Morgan fingerprint density at radius 2 is 1.55 bits per heavy atom. The highest BCUT2D eigenvalue weighted by atomic mass is 16.2. The normalized spacial score (nSPS) is 18.1. The van der Waals surface area contributed by atoms with Crippen molar-refractivity contribution in [1.82, 2.24) is 25.3 Å². The first kappa shape index (κ1) is 24.0. The molecule has 4 amide bonds. The lowest BCUT2D eigenvalue weighted by Crippen LogP contribution is -2.42. The maximum Gasteiger partial charge on any atom is 0.322 e. The molecule has 0 unspecified atom stereocenters. The molecule has 3 heterocycles. The number of nitrogens with one attached hydrogen (secondary N) is 2. The van der Waals surface area contributed by atoms with E-state index in [1.54, 1.807) is 0 Å². The summed E-state index contributed by atoms with van der Waals surface area (Å²) in [4.78, 5) is 64.7. The van der Waals surface area contributed by atoms with Gasteiger partial charge < -0.3 is 25.8 Å². The summed E-state index contributed by atoms with van der Waals surface area (Å²) in [5, 5.41) is 4.37. The summed E-state index contributed by atoms with van der Waals surface area (Å²) in [6, 6.07) is -1.46. The van der Waals surface area contributed by atoms with Gasteiger partial charge in [0, 0.05) is 51.9 Å². The number of imide groups is 1. The van der Waals surface area contributed by atoms with Crippen LogP contribution in [0.3, 0.4) is 0 Å². The molecular weight excluding hydrogens is 430 g/mol. The topological polar surface area (TPSA) is 157 Å². The number of carbonyl (C=O) groups excluding carboxylic acids is 5. The minimum Gasteiger partial charge on any atom is -0.365 e. The van der Waals surface area contributed by atoms with Crippen molar-refractivity contribution in [2.45, 2.75) is 25.7 Å². The van der Waals surface area contributed by atoms with E-state index in [2.05, 4.69) is 10.3 Å². The minimum absolute atomic E-state index is 0.00546. The van der Waals surface area contributed by atoms with Gasteiger partial charge >= 0.3 is 12.1 Å². The maximum absolute atomic E-state index is 12.4. The molecule has 12 nitrogen and oxygen atoms in total. The third-order valence-electron chi connectivity index (χ3n) is 5.27. The average molecular weight is 460 g/mol. The SMILES string of the molecule is NC(=O)NC(=O)NCCCCCCN=C=O.O=C1C=C(N2CC2)C(=O)C(N2CC2)=C1N1CC1. The van der Waals surface area contributed by atoms with Gasteiger partial charge in [-0.2, -0.15) is 0 Å². The summed E-state index contributed by atoms with van der Waals surface area (Å²) in [5.74, 6) is 0.0485. The van der Waals surface area contributed by atoms with Crippen LogP contribution in [0.1, 0.15) is 25.7 Å². The Morgan fingerprint density at radius 1 is 0.939 bits per heavy atom. The number of isocyanates is 1. The van der Waals surface area contributed by atoms with Crippen LogP contribution >= 0.6 is 0 Å². The van der Waals surface area contributed by atoms with Crippen molar-refractivity contribution in [2.75, 3.05) is 52.4 Å². The number of hydrogen-bond acceptors (Lipinski definition) is 9. The third kappa shape index (κ3) is 7.46. The van der Waals surface area contributed by atoms with Crippen molar-refractivity contribution in [1.29, 1.82) is 0 Å². The molecule has 3 fully saturated rings. The third-order valence-corrected chi connectivity index (χ3v) is 5.27. The van der Waals surface area contributed by atoms with E-state index in [4.69, 9.17) is 5.73 Å². The number of ketones is 2. The van der Waals surface area contributed by atoms with Crippen molar-refractivity contribution < 1.29 is 24.0 Å². The van der Waals surface area contributed by atoms with Crippen LogP contribution < -0.4 is 16.4 Å². The second-order valence-corrected chi connectivity index (χ2v) is 8.01. The van der Waals surface area contributed by atoms with Crippen LogP contribution in [0.5, 0.6) is 0 Å². The number of carbonyl (C=O) groups is 4. The Bertz CT molecular complexity index is 910. The van der Waals surface area contributed by atoms with Crippen molar-refractivity contribution in [3.8, 4) is 0 Å². The molecule has 0 spiro atoms. The van der Waals surface area contributed by atoms with Crippen LogP contribution in [0.2, 0.25) is 0 Å². The zero-order valence-electron chi connectivity index (χ0n) is 18.5. The highest BCUT2D eigenvalue weighted by Crippen LogP contribution is 2.33. The van der Waals surface area contributed by atoms with Gasteiger partial charge in [0.05, 0.1) is 12.2 Å². The minimum atomic E-state index is -0.871. The molecule has 12 heteroatoms. The number of allylic oxidation sites excluding steroid dienone is 1. The number of nitrogens with zero attached hydrogens (tertiary/aromatic N) is 4. The number of Topliss-reactive ketones (excluding diaryl/α,β-unsaturated/α-hetero) is 1. The molecule has 0 atom stereocenters. The van der Waals surface area contributed by atoms with Gasteiger partial charge in [-0.3, -0.25) is 14.9 Å². The fourth-order valence-corrected chi connectivity index (χ4v) is 3.35. The van der Waals surface area contributed by atoms with Crippen molar-refractivity contribution in [3.05, 3.63) is 23.2 Å². The summed E-state index contributed by atoms with van der Waals surface area (Å²) in [6.45, 7) is 6.39. The molecule has 4 aliphatic rings. The van der Waals surface area contributed by atoms with Crippen LogP contribution in [-0.2, 0) is 14.4 Å². The molecular formula is C21H29N7O5. The van der Waals surface area contributed by atoms with E-state index in [0.29, 0.717) is 30.2 Å². The molecule has 0 aromatic rings. The number of amides is 4. The largest absolute Gasteiger partial charge is 0.365 e. The van der Waals surface area contributed by atoms with E-state index < -0.39 is 12.1 Å². The van der Waals surface area contributed by atoms with Gasteiger partial charge in [0.1, 0.15) is 11.4 Å². The van der Waals surface area contributed by atoms with E-state index >= 15 is 0 Å². The Balaban J connectivity index is 0.000000187. The van der Waals surface area contributed by atoms with E-state index in [1.807, 2.05) is 20.0 Å². The van der Waals surface area contributed by atoms with Crippen LogP contribution in [0, 0.1) is 0 Å². The quantitative estimate of drug-likeness (QED) is 0.129. The Kier molecular flexibility index (Phi) is 8.20. The van der Waals surface area contributed by atoms with E-state index in [1.165, 1.54) is 12.2 Å². The second kappa shape index (κ2) is 11.3. The lowest BCUT2D eigenvalue weighted by Gasteiger charge is -2.21. The molecule has 4 N–H and O–H groups in total. The lowest BCUT2D eigenvalue weighted by molar-refractivity contribution is -0.117. The molecule has 0 saturated carbocycles. The smallest absolute Gasteiger partial charge is 0.322 e. The molecule has 3 aliphatic heterocycles. The predicted octanol–water partition coefficient (Wildman–Crippen LogP) is -0.559. The standard InChI is InChI=1S/C12H13N3O2.C9H16N4O3/c16-9-7-8(13-1-2-13)12(17)11(15-5-6-15)10(9)14-3-4-14;10-8(15)13-9(16)12-6-4-2-1-3-5-11-7-14/h7H,1-6H2;1-6H2,(H4,10,12,13,15,16). The lowest BCUT2D eigenvalue weighted by atomic mass is 10.0. The zero-order chi connectivity index (χ0) is 23.8. The summed E-state index contributed by atoms with van der Waals surface area (Å²) in [5.41, 5.74) is 6.63. The summed E-state index contributed by atoms with van der Waals surface area (Å²) in [7, 11) is 0. The zero-order valence-corrected chi connectivity index (χ0v) is 18.5. The van der Waals surface area contributed by atoms with Gasteiger partial charge in [-0.05, 0) is 12.8 Å². The highest BCUT2D eigenvalue weighted by molar-refractivity contribution is 6.22. The molecule has 178 valence electrons. The highest BCUT2D eigenvalue weighted by Gasteiger charge is 2.43. The van der Waals surface area contributed by atoms with E-state index in [-0.39, 0.29) is 11.6 Å². The summed E-state index contributed by atoms with van der Waals surface area (Å²) >= 11 is 0. The maximum atomic E-state index is 12.4. The fraction of sp³-hybridized carbons (Fsp3) is 0.571. The van der Waals surface area contributed by atoms with Gasteiger partial charge in [0.2, 0.25) is 17.6 Å². The van der Waals surface area contributed by atoms with Crippen LogP contribution in [0.25, 0.3) is 0 Å². The number of hydrogen-bond donors (Lipinski definition) is 3. The van der Waals surface area contributed by atoms with Gasteiger partial charge in [-0.15, -0.1) is 0 Å². The molecule has 0 aromatic heterocycles. The Morgan fingerprint density at radius 3 is 2.12 bits per heavy atom. The number of aliphatic imine (C=N–C) groups is 1. The molecule has 0 aromatic carbocycles. The number of primary amides is 1. The molecule has 3 saturated heterocycles. The van der Waals surface area contributed by atoms with Crippen LogP contribution in [0.4, 0.5) is 9.59 Å². The Hall–Kier alpha value is -3.66. The first-order valence-electron chi connectivity index (χ1n) is 11.1. The second-order valence-electron chi connectivity index (χ2n) is 8.01. The number of nitrogens with two attached hydrogens (primary N) is 1. The fourth-order valence-electron chi connectivity index (χ4n) is 3.35. The summed E-state index contributed by atoms with van der Waals surface area (Å²) in [6.07, 6.45) is 6.49. The van der Waals surface area contributed by atoms with Gasteiger partial charge in [-0.25, -0.2) is 19.4 Å². The van der Waals surface area contributed by atoms with Crippen molar-refractivity contribution in [3.63, 3.8) is 0 Å². The Labute approximate surface area is 191 Å². The van der Waals surface area contributed by atoms with Crippen molar-refractivity contribution >= 4 is 29.7 Å². The van der Waals surface area contributed by atoms with Gasteiger partial charge in [0.15, 0.2) is 0 Å².